The summed E-state index contributed by atoms with van der Waals surface area (Å²) in [6.07, 6.45) is 3.76. The van der Waals surface area contributed by atoms with Crippen LogP contribution in [0.4, 0.5) is 0 Å². The molecule has 2 nitrogen and oxygen atoms in total. The molecule has 0 spiro atoms. The Kier molecular flexibility index (Phi) is 2.90. The summed E-state index contributed by atoms with van der Waals surface area (Å²) in [5.41, 5.74) is 6.94. The van der Waals surface area contributed by atoms with Crippen molar-refractivity contribution in [1.29, 1.82) is 0 Å². The monoisotopic (exact) mass is 284 g/mol. The van der Waals surface area contributed by atoms with Crippen LogP contribution in [0.5, 0.6) is 0 Å². The summed E-state index contributed by atoms with van der Waals surface area (Å²) >= 11 is 0. The van der Waals surface area contributed by atoms with Gasteiger partial charge < -0.3 is 0 Å². The molecule has 0 saturated carbocycles. The van der Waals surface area contributed by atoms with Gasteiger partial charge in [0.15, 0.2) is 0 Å². The third kappa shape index (κ3) is 2.13. The van der Waals surface area contributed by atoms with Gasteiger partial charge in [-0.15, -0.1) is 0 Å². The van der Waals surface area contributed by atoms with Crippen LogP contribution in [0.3, 0.4) is 0 Å². The lowest BCUT2D eigenvalue weighted by molar-refractivity contribution is 1.33. The average Bonchev–Trinajstić information content (AvgIpc) is 2.54. The van der Waals surface area contributed by atoms with E-state index in [1.807, 2.05) is 18.5 Å². The molecule has 106 valence electrons. The average molecular weight is 284 g/mol. The Morgan fingerprint density at radius 1 is 0.773 bits per heavy atom. The van der Waals surface area contributed by atoms with E-state index in [4.69, 9.17) is 0 Å². The minimum Gasteiger partial charge on any atom is -0.256 e. The van der Waals surface area contributed by atoms with Crippen LogP contribution >= 0.6 is 0 Å². The van der Waals surface area contributed by atoms with Gasteiger partial charge in [-0.3, -0.25) is 9.97 Å². The van der Waals surface area contributed by atoms with E-state index in [-0.39, 0.29) is 0 Å². The lowest BCUT2D eigenvalue weighted by atomic mass is 9.98. The molecule has 0 atom stereocenters. The standard InChI is InChI=1S/C20H16N2/c1-13-8-18-10-15(5-6-19(18)22-12-13)17-9-14(2)20-16(11-17)4-3-7-21-20/h3-12H,1-2H3. The van der Waals surface area contributed by atoms with E-state index in [9.17, 15) is 0 Å². The van der Waals surface area contributed by atoms with E-state index < -0.39 is 0 Å². The zero-order valence-electron chi connectivity index (χ0n) is 12.7. The smallest absolute Gasteiger partial charge is 0.0731 e. The second-order valence-corrected chi connectivity index (χ2v) is 5.79. The molecule has 0 aliphatic rings. The maximum absolute atomic E-state index is 4.47. The SMILES string of the molecule is Cc1cnc2ccc(-c3cc(C)c4ncccc4c3)cc2c1. The van der Waals surface area contributed by atoms with Crippen LogP contribution in [0, 0.1) is 13.8 Å². The molecule has 0 unspecified atom stereocenters. The highest BCUT2D eigenvalue weighted by Gasteiger charge is 2.05. The third-order valence-electron chi connectivity index (χ3n) is 4.05. The first-order chi connectivity index (χ1) is 10.7. The van der Waals surface area contributed by atoms with Crippen LogP contribution in [0.1, 0.15) is 11.1 Å². The van der Waals surface area contributed by atoms with Crippen LogP contribution < -0.4 is 0 Å². The summed E-state index contributed by atoms with van der Waals surface area (Å²) in [7, 11) is 0. The molecule has 22 heavy (non-hydrogen) atoms. The van der Waals surface area contributed by atoms with Crippen LogP contribution in [0.15, 0.2) is 60.9 Å². The molecular formula is C20H16N2. The minimum atomic E-state index is 1.04. The number of aryl methyl sites for hydroxylation is 2. The predicted molar refractivity (Wildman–Crippen MR) is 92.0 cm³/mol. The predicted octanol–water partition coefficient (Wildman–Crippen LogP) is 5.07. The molecule has 0 aliphatic carbocycles. The fourth-order valence-corrected chi connectivity index (χ4v) is 2.96. The van der Waals surface area contributed by atoms with Crippen molar-refractivity contribution >= 4 is 21.8 Å². The summed E-state index contributed by atoms with van der Waals surface area (Å²) < 4.78 is 0. The van der Waals surface area contributed by atoms with Gasteiger partial charge in [-0.1, -0.05) is 12.1 Å². The van der Waals surface area contributed by atoms with Gasteiger partial charge in [0.05, 0.1) is 11.0 Å². The Balaban J connectivity index is 1.94. The van der Waals surface area contributed by atoms with Gasteiger partial charge in [0, 0.05) is 23.2 Å². The number of benzene rings is 2. The Bertz CT molecular complexity index is 1000. The summed E-state index contributed by atoms with van der Waals surface area (Å²) in [6, 6.07) is 17.1. The number of aromatic nitrogens is 2. The summed E-state index contributed by atoms with van der Waals surface area (Å²) in [5.74, 6) is 0. The highest BCUT2D eigenvalue weighted by atomic mass is 14.7. The van der Waals surface area contributed by atoms with Crippen molar-refractivity contribution in [3.63, 3.8) is 0 Å². The van der Waals surface area contributed by atoms with Crippen molar-refractivity contribution in [2.45, 2.75) is 13.8 Å². The Labute approximate surface area is 129 Å². The number of nitrogens with zero attached hydrogens (tertiary/aromatic N) is 2. The molecule has 0 aliphatic heterocycles. The number of hydrogen-bond donors (Lipinski definition) is 0. The molecular weight excluding hydrogens is 268 g/mol. The van der Waals surface area contributed by atoms with Gasteiger partial charge in [0.25, 0.3) is 0 Å². The second kappa shape index (κ2) is 4.92. The third-order valence-corrected chi connectivity index (χ3v) is 4.05. The number of fused-ring (bicyclic) bond motifs is 2. The molecule has 0 saturated heterocycles. The van der Waals surface area contributed by atoms with E-state index in [0.717, 1.165) is 11.0 Å². The Morgan fingerprint density at radius 2 is 1.64 bits per heavy atom. The molecule has 0 bridgehead atoms. The van der Waals surface area contributed by atoms with E-state index in [1.54, 1.807) is 0 Å². The van der Waals surface area contributed by atoms with Crippen LogP contribution in [-0.4, -0.2) is 9.97 Å². The number of pyridine rings is 2. The topological polar surface area (TPSA) is 25.8 Å². The normalized spacial score (nSPS) is 11.2. The van der Waals surface area contributed by atoms with E-state index >= 15 is 0 Å². The summed E-state index contributed by atoms with van der Waals surface area (Å²) in [4.78, 5) is 8.94. The van der Waals surface area contributed by atoms with Crippen LogP contribution in [0.2, 0.25) is 0 Å². The van der Waals surface area contributed by atoms with E-state index in [1.165, 1.54) is 33.0 Å². The zero-order valence-corrected chi connectivity index (χ0v) is 12.7. The second-order valence-electron chi connectivity index (χ2n) is 5.79. The van der Waals surface area contributed by atoms with Crippen LogP contribution in [0.25, 0.3) is 32.9 Å². The minimum absolute atomic E-state index is 1.04. The van der Waals surface area contributed by atoms with Crippen molar-refractivity contribution in [3.05, 3.63) is 72.1 Å². The molecule has 2 aromatic heterocycles. The Morgan fingerprint density at radius 3 is 2.55 bits per heavy atom. The van der Waals surface area contributed by atoms with E-state index in [2.05, 4.69) is 66.3 Å². The van der Waals surface area contributed by atoms with E-state index in [0.29, 0.717) is 0 Å². The largest absolute Gasteiger partial charge is 0.256 e. The van der Waals surface area contributed by atoms with Gasteiger partial charge in [-0.05, 0) is 72.5 Å². The zero-order chi connectivity index (χ0) is 15.1. The molecule has 2 heteroatoms. The fourth-order valence-electron chi connectivity index (χ4n) is 2.96. The molecule has 2 heterocycles. The lowest BCUT2D eigenvalue weighted by Gasteiger charge is -2.08. The van der Waals surface area contributed by atoms with Crippen molar-refractivity contribution in [3.8, 4) is 11.1 Å². The van der Waals surface area contributed by atoms with Crippen LogP contribution in [-0.2, 0) is 0 Å². The molecule has 4 rings (SSSR count). The van der Waals surface area contributed by atoms with Gasteiger partial charge in [-0.25, -0.2) is 0 Å². The first-order valence-electron chi connectivity index (χ1n) is 7.43. The molecule has 0 N–H and O–H groups in total. The van der Waals surface area contributed by atoms with Gasteiger partial charge in [-0.2, -0.15) is 0 Å². The van der Waals surface area contributed by atoms with Crippen molar-refractivity contribution < 1.29 is 0 Å². The highest BCUT2D eigenvalue weighted by Crippen LogP contribution is 2.28. The number of rotatable bonds is 1. The first kappa shape index (κ1) is 13.0. The van der Waals surface area contributed by atoms with Gasteiger partial charge in [0.2, 0.25) is 0 Å². The van der Waals surface area contributed by atoms with Gasteiger partial charge in [0.1, 0.15) is 0 Å². The molecule has 0 amide bonds. The Hall–Kier alpha value is -2.74. The quantitative estimate of drug-likeness (QED) is 0.488. The molecule has 0 fully saturated rings. The molecule has 4 aromatic rings. The summed E-state index contributed by atoms with van der Waals surface area (Å²) in [5, 5.41) is 2.36. The van der Waals surface area contributed by atoms with Crippen molar-refractivity contribution in [2.24, 2.45) is 0 Å². The fraction of sp³-hybridized carbons (Fsp3) is 0.100. The molecule has 0 radical (unpaired) electrons. The van der Waals surface area contributed by atoms with Gasteiger partial charge >= 0.3 is 0 Å². The maximum atomic E-state index is 4.47. The lowest BCUT2D eigenvalue weighted by Crippen LogP contribution is -1.87. The number of hydrogen-bond acceptors (Lipinski definition) is 2. The van der Waals surface area contributed by atoms with Crippen molar-refractivity contribution in [1.82, 2.24) is 9.97 Å². The highest BCUT2D eigenvalue weighted by molar-refractivity contribution is 5.90. The summed E-state index contributed by atoms with van der Waals surface area (Å²) in [6.45, 7) is 4.19. The van der Waals surface area contributed by atoms with Crippen molar-refractivity contribution in [2.75, 3.05) is 0 Å². The first-order valence-corrected chi connectivity index (χ1v) is 7.43. The maximum Gasteiger partial charge on any atom is 0.0731 e. The molecule has 2 aromatic carbocycles.